The number of aromatic nitrogens is 2. The molecular weight excluding hydrogens is 286 g/mol. The fourth-order valence-electron chi connectivity index (χ4n) is 2.43. The molecule has 0 radical (unpaired) electrons. The van der Waals surface area contributed by atoms with Crippen LogP contribution in [0.4, 0.5) is 0 Å². The number of hydrogen-bond acceptors (Lipinski definition) is 5. The molecule has 1 fully saturated rings. The number of carboxylic acids is 1. The van der Waals surface area contributed by atoms with E-state index < -0.39 is 21.7 Å². The number of carboxylic acid groups (broad SMARTS) is 1. The van der Waals surface area contributed by atoms with E-state index in [4.69, 9.17) is 5.11 Å². The topological polar surface area (TPSA) is 132 Å². The Balaban J connectivity index is 2.14. The second-order valence-corrected chi connectivity index (χ2v) is 6.72. The summed E-state index contributed by atoms with van der Waals surface area (Å²) in [6, 6.07) is 0. The number of carbonyl (C=O) groups is 1. The van der Waals surface area contributed by atoms with Crippen molar-refractivity contribution in [3.63, 3.8) is 0 Å². The fraction of sp³-hybridized carbons (Fsp3) is 0.636. The Hall–Kier alpha value is -1.45. The number of aliphatic hydroxyl groups is 1. The first-order chi connectivity index (χ1) is 9.31. The summed E-state index contributed by atoms with van der Waals surface area (Å²) in [5.41, 5.74) is -0.331. The number of aromatic carboxylic acids is 1. The van der Waals surface area contributed by atoms with Gasteiger partial charge in [-0.25, -0.2) is 17.9 Å². The Morgan fingerprint density at radius 1 is 1.50 bits per heavy atom. The summed E-state index contributed by atoms with van der Waals surface area (Å²) in [5.74, 6) is -1.33. The summed E-state index contributed by atoms with van der Waals surface area (Å²) in [5, 5.41) is 24.2. The molecule has 1 heterocycles. The van der Waals surface area contributed by atoms with Crippen molar-refractivity contribution in [1.29, 1.82) is 0 Å². The molecule has 0 aromatic carbocycles. The van der Waals surface area contributed by atoms with Crippen LogP contribution in [-0.4, -0.2) is 47.4 Å². The van der Waals surface area contributed by atoms with E-state index in [-0.39, 0.29) is 29.2 Å². The first-order valence-corrected chi connectivity index (χ1v) is 7.75. The molecule has 0 saturated heterocycles. The van der Waals surface area contributed by atoms with E-state index in [0.717, 1.165) is 6.42 Å². The molecule has 112 valence electrons. The predicted octanol–water partition coefficient (Wildman–Crippen LogP) is -0.144. The highest BCUT2D eigenvalue weighted by atomic mass is 32.2. The zero-order chi connectivity index (χ0) is 14.9. The molecular formula is C11H17N3O5S. The van der Waals surface area contributed by atoms with Crippen LogP contribution in [0.2, 0.25) is 0 Å². The van der Waals surface area contributed by atoms with Gasteiger partial charge in [0.2, 0.25) is 10.0 Å². The molecule has 20 heavy (non-hydrogen) atoms. The highest BCUT2D eigenvalue weighted by Crippen LogP contribution is 2.25. The average Bonchev–Trinajstić information content (AvgIpc) is 2.93. The second-order valence-electron chi connectivity index (χ2n) is 5.02. The first kappa shape index (κ1) is 14.9. The van der Waals surface area contributed by atoms with Gasteiger partial charge in [0.1, 0.15) is 4.90 Å². The van der Waals surface area contributed by atoms with Gasteiger partial charge >= 0.3 is 5.97 Å². The van der Waals surface area contributed by atoms with Crippen LogP contribution in [0.3, 0.4) is 0 Å². The van der Waals surface area contributed by atoms with Gasteiger partial charge in [0, 0.05) is 6.54 Å². The molecule has 8 nitrogen and oxygen atoms in total. The van der Waals surface area contributed by atoms with Gasteiger partial charge in [-0.05, 0) is 32.1 Å². The third kappa shape index (κ3) is 3.00. The number of hydrogen-bond donors (Lipinski definition) is 4. The fourth-order valence-corrected chi connectivity index (χ4v) is 3.86. The molecule has 1 aliphatic rings. The Morgan fingerprint density at radius 2 is 2.20 bits per heavy atom. The van der Waals surface area contributed by atoms with Crippen molar-refractivity contribution in [3.8, 4) is 0 Å². The summed E-state index contributed by atoms with van der Waals surface area (Å²) < 4.78 is 26.8. The summed E-state index contributed by atoms with van der Waals surface area (Å²) in [6.07, 6.45) is 1.59. The van der Waals surface area contributed by atoms with Crippen molar-refractivity contribution in [1.82, 2.24) is 14.9 Å². The maximum atomic E-state index is 12.2. The molecule has 0 amide bonds. The van der Waals surface area contributed by atoms with Crippen molar-refractivity contribution >= 4 is 16.0 Å². The number of rotatable bonds is 5. The number of nitrogens with one attached hydrogen (secondary N) is 2. The van der Waals surface area contributed by atoms with Gasteiger partial charge in [0.05, 0.1) is 11.8 Å². The minimum absolute atomic E-state index is 0.0697. The molecule has 0 aliphatic heterocycles. The van der Waals surface area contributed by atoms with Gasteiger partial charge in [-0.1, -0.05) is 0 Å². The van der Waals surface area contributed by atoms with E-state index in [1.54, 1.807) is 0 Å². The van der Waals surface area contributed by atoms with Crippen LogP contribution in [0.25, 0.3) is 0 Å². The number of aromatic amines is 1. The number of H-pyrrole nitrogens is 1. The number of aliphatic hydroxyl groups excluding tert-OH is 1. The summed E-state index contributed by atoms with van der Waals surface area (Å²) in [6.45, 7) is 1.64. The lowest BCUT2D eigenvalue weighted by molar-refractivity contribution is 0.0686. The lowest BCUT2D eigenvalue weighted by Gasteiger charge is -2.11. The highest BCUT2D eigenvalue weighted by molar-refractivity contribution is 7.89. The maximum Gasteiger partial charge on any atom is 0.357 e. The predicted molar refractivity (Wildman–Crippen MR) is 68.8 cm³/mol. The Bertz CT molecular complexity index is 610. The lowest BCUT2D eigenvalue weighted by atomic mass is 10.1. The van der Waals surface area contributed by atoms with Crippen LogP contribution < -0.4 is 4.72 Å². The molecule has 1 saturated carbocycles. The smallest absolute Gasteiger partial charge is 0.357 e. The molecule has 9 heteroatoms. The third-order valence-electron chi connectivity index (χ3n) is 3.44. The molecule has 1 aliphatic carbocycles. The Morgan fingerprint density at radius 3 is 2.75 bits per heavy atom. The number of nitrogens with zero attached hydrogens (tertiary/aromatic N) is 1. The van der Waals surface area contributed by atoms with Crippen LogP contribution in [0.5, 0.6) is 0 Å². The first-order valence-electron chi connectivity index (χ1n) is 6.27. The zero-order valence-corrected chi connectivity index (χ0v) is 11.8. The molecule has 4 N–H and O–H groups in total. The van der Waals surface area contributed by atoms with Gasteiger partial charge in [0.15, 0.2) is 5.69 Å². The Kier molecular flexibility index (Phi) is 4.11. The van der Waals surface area contributed by atoms with E-state index in [9.17, 15) is 18.3 Å². The molecule has 0 bridgehead atoms. The SMILES string of the molecule is Cc1[nH]nc(C(=O)O)c1S(=O)(=O)NCC1CCC(O)C1. The zero-order valence-electron chi connectivity index (χ0n) is 11.0. The van der Waals surface area contributed by atoms with Crippen LogP contribution in [0.15, 0.2) is 4.90 Å². The van der Waals surface area contributed by atoms with E-state index in [2.05, 4.69) is 14.9 Å². The minimum atomic E-state index is -3.93. The molecule has 2 atom stereocenters. The highest BCUT2D eigenvalue weighted by Gasteiger charge is 2.30. The van der Waals surface area contributed by atoms with E-state index in [0.29, 0.717) is 12.8 Å². The van der Waals surface area contributed by atoms with Crippen LogP contribution in [0.1, 0.15) is 35.4 Å². The quantitative estimate of drug-likeness (QED) is 0.598. The van der Waals surface area contributed by atoms with Crippen molar-refractivity contribution in [2.24, 2.45) is 5.92 Å². The molecule has 0 spiro atoms. The van der Waals surface area contributed by atoms with E-state index >= 15 is 0 Å². The largest absolute Gasteiger partial charge is 0.476 e. The van der Waals surface area contributed by atoms with Crippen molar-refractivity contribution in [2.45, 2.75) is 37.2 Å². The number of aryl methyl sites for hydroxylation is 1. The maximum absolute atomic E-state index is 12.2. The van der Waals surface area contributed by atoms with Gasteiger partial charge < -0.3 is 10.2 Å². The van der Waals surface area contributed by atoms with Crippen molar-refractivity contribution in [3.05, 3.63) is 11.4 Å². The van der Waals surface area contributed by atoms with Crippen molar-refractivity contribution in [2.75, 3.05) is 6.54 Å². The second kappa shape index (κ2) is 5.51. The standard InChI is InChI=1S/C11H17N3O5S/c1-6-10(9(11(16)17)14-13-6)20(18,19)12-5-7-2-3-8(15)4-7/h7-8,12,15H,2-5H2,1H3,(H,13,14)(H,16,17). The van der Waals surface area contributed by atoms with Crippen LogP contribution in [0, 0.1) is 12.8 Å². The normalized spacial score (nSPS) is 23.1. The molecule has 2 unspecified atom stereocenters. The summed E-state index contributed by atoms with van der Waals surface area (Å²) in [7, 11) is -3.93. The van der Waals surface area contributed by atoms with Crippen LogP contribution >= 0.6 is 0 Å². The van der Waals surface area contributed by atoms with Crippen LogP contribution in [-0.2, 0) is 10.0 Å². The van der Waals surface area contributed by atoms with Gasteiger partial charge in [-0.15, -0.1) is 0 Å². The van der Waals surface area contributed by atoms with Gasteiger partial charge in [-0.2, -0.15) is 5.10 Å². The summed E-state index contributed by atoms with van der Waals surface area (Å²) in [4.78, 5) is 10.6. The van der Waals surface area contributed by atoms with E-state index in [1.165, 1.54) is 6.92 Å². The average molecular weight is 303 g/mol. The van der Waals surface area contributed by atoms with Gasteiger partial charge in [-0.3, -0.25) is 5.10 Å². The lowest BCUT2D eigenvalue weighted by Crippen LogP contribution is -2.30. The van der Waals surface area contributed by atoms with Crippen molar-refractivity contribution < 1.29 is 23.4 Å². The molecule has 1 aromatic rings. The van der Waals surface area contributed by atoms with E-state index in [1.807, 2.05) is 0 Å². The minimum Gasteiger partial charge on any atom is -0.476 e. The summed E-state index contributed by atoms with van der Waals surface area (Å²) >= 11 is 0. The van der Waals surface area contributed by atoms with Gasteiger partial charge in [0.25, 0.3) is 0 Å². The Labute approximate surface area is 116 Å². The third-order valence-corrected chi connectivity index (χ3v) is 5.02. The number of sulfonamides is 1. The molecule has 2 rings (SSSR count). The molecule has 1 aromatic heterocycles. The monoisotopic (exact) mass is 303 g/mol.